The Hall–Kier alpha value is -2.36. The normalized spacial score (nSPS) is 16.3. The van der Waals surface area contributed by atoms with Crippen LogP contribution in [0.4, 0.5) is 5.82 Å². The van der Waals surface area contributed by atoms with E-state index in [9.17, 15) is 4.79 Å². The molecular weight excluding hydrogens is 322 g/mol. The molecule has 1 unspecified atom stereocenters. The standard InChI is InChI=1S/C22H29N3O/c1-3-17(2)24-22(26)20-9-10-21(23-16-20)25-13-11-19(12-14-25)15-18-7-5-4-6-8-18/h4-10,16-17,19H,3,11-15H2,1-2H3,(H,24,26). The number of carbonyl (C=O) groups excluding carboxylic acids is 1. The Balaban J connectivity index is 1.52. The fraction of sp³-hybridized carbons (Fsp3) is 0.455. The summed E-state index contributed by atoms with van der Waals surface area (Å²) in [4.78, 5) is 19.0. The number of hydrogen-bond donors (Lipinski definition) is 1. The highest BCUT2D eigenvalue weighted by Crippen LogP contribution is 2.24. The van der Waals surface area contributed by atoms with Gasteiger partial charge in [-0.15, -0.1) is 0 Å². The summed E-state index contributed by atoms with van der Waals surface area (Å²) in [6.07, 6.45) is 6.16. The molecular formula is C22H29N3O. The molecule has 2 aromatic rings. The summed E-state index contributed by atoms with van der Waals surface area (Å²) in [6, 6.07) is 14.8. The minimum absolute atomic E-state index is 0.0417. The first kappa shape index (κ1) is 18.4. The minimum atomic E-state index is -0.0417. The van der Waals surface area contributed by atoms with Crippen molar-refractivity contribution < 1.29 is 4.79 Å². The SMILES string of the molecule is CCC(C)NC(=O)c1ccc(N2CCC(Cc3ccccc3)CC2)nc1. The highest BCUT2D eigenvalue weighted by atomic mass is 16.1. The molecule has 1 aliphatic rings. The van der Waals surface area contributed by atoms with E-state index in [0.29, 0.717) is 5.56 Å². The Kier molecular flexibility index (Phi) is 6.26. The van der Waals surface area contributed by atoms with Crippen molar-refractivity contribution in [3.8, 4) is 0 Å². The molecule has 1 saturated heterocycles. The lowest BCUT2D eigenvalue weighted by Crippen LogP contribution is -2.35. The van der Waals surface area contributed by atoms with Crippen molar-refractivity contribution in [1.29, 1.82) is 0 Å². The van der Waals surface area contributed by atoms with Crippen LogP contribution in [0.25, 0.3) is 0 Å². The molecule has 1 aliphatic heterocycles. The van der Waals surface area contributed by atoms with Gasteiger partial charge in [0, 0.05) is 25.3 Å². The van der Waals surface area contributed by atoms with Gasteiger partial charge in [0.15, 0.2) is 0 Å². The van der Waals surface area contributed by atoms with E-state index in [1.54, 1.807) is 6.20 Å². The molecule has 26 heavy (non-hydrogen) atoms. The monoisotopic (exact) mass is 351 g/mol. The highest BCUT2D eigenvalue weighted by molar-refractivity contribution is 5.94. The topological polar surface area (TPSA) is 45.2 Å². The molecule has 1 N–H and O–H groups in total. The van der Waals surface area contributed by atoms with E-state index in [1.165, 1.54) is 18.4 Å². The molecule has 1 aromatic heterocycles. The third kappa shape index (κ3) is 4.84. The van der Waals surface area contributed by atoms with Crippen molar-refractivity contribution in [1.82, 2.24) is 10.3 Å². The van der Waals surface area contributed by atoms with Gasteiger partial charge in [-0.2, -0.15) is 0 Å². The molecule has 4 nitrogen and oxygen atoms in total. The van der Waals surface area contributed by atoms with E-state index in [-0.39, 0.29) is 11.9 Å². The number of nitrogens with zero attached hydrogens (tertiary/aromatic N) is 2. The number of aromatic nitrogens is 1. The molecule has 138 valence electrons. The predicted molar refractivity (Wildman–Crippen MR) is 107 cm³/mol. The van der Waals surface area contributed by atoms with E-state index in [2.05, 4.69) is 52.5 Å². The van der Waals surface area contributed by atoms with Crippen molar-refractivity contribution in [3.63, 3.8) is 0 Å². The zero-order chi connectivity index (χ0) is 18.4. The summed E-state index contributed by atoms with van der Waals surface area (Å²) >= 11 is 0. The van der Waals surface area contributed by atoms with Crippen molar-refractivity contribution in [2.75, 3.05) is 18.0 Å². The van der Waals surface area contributed by atoms with E-state index in [4.69, 9.17) is 0 Å². The van der Waals surface area contributed by atoms with Crippen LogP contribution in [-0.2, 0) is 6.42 Å². The Bertz CT molecular complexity index is 691. The second-order valence-corrected chi connectivity index (χ2v) is 7.31. The summed E-state index contributed by atoms with van der Waals surface area (Å²) < 4.78 is 0. The van der Waals surface area contributed by atoms with Crippen LogP contribution in [0.15, 0.2) is 48.7 Å². The number of nitrogens with one attached hydrogen (secondary N) is 1. The minimum Gasteiger partial charge on any atom is -0.357 e. The molecule has 1 amide bonds. The predicted octanol–water partition coefficient (Wildman–Crippen LogP) is 4.07. The van der Waals surface area contributed by atoms with Crippen molar-refractivity contribution >= 4 is 11.7 Å². The van der Waals surface area contributed by atoms with Crippen molar-refractivity contribution in [2.24, 2.45) is 5.92 Å². The van der Waals surface area contributed by atoms with Gasteiger partial charge < -0.3 is 10.2 Å². The summed E-state index contributed by atoms with van der Waals surface area (Å²) in [6.45, 7) is 6.14. The number of rotatable bonds is 6. The molecule has 1 fully saturated rings. The summed E-state index contributed by atoms with van der Waals surface area (Å²) in [7, 11) is 0. The molecule has 0 bridgehead atoms. The Morgan fingerprint density at radius 3 is 2.54 bits per heavy atom. The Morgan fingerprint density at radius 1 is 1.19 bits per heavy atom. The quantitative estimate of drug-likeness (QED) is 0.853. The Morgan fingerprint density at radius 2 is 1.92 bits per heavy atom. The average molecular weight is 351 g/mol. The van der Waals surface area contributed by atoms with Crippen LogP contribution in [0.2, 0.25) is 0 Å². The van der Waals surface area contributed by atoms with Gasteiger partial charge in [0.05, 0.1) is 5.56 Å². The van der Waals surface area contributed by atoms with Gasteiger partial charge in [-0.25, -0.2) is 4.98 Å². The number of amides is 1. The van der Waals surface area contributed by atoms with Crippen LogP contribution in [0, 0.1) is 5.92 Å². The molecule has 0 spiro atoms. The first-order chi connectivity index (χ1) is 12.7. The lowest BCUT2D eigenvalue weighted by Gasteiger charge is -2.33. The fourth-order valence-electron chi connectivity index (χ4n) is 3.43. The third-order valence-corrected chi connectivity index (χ3v) is 5.31. The number of benzene rings is 1. The van der Waals surface area contributed by atoms with E-state index in [1.807, 2.05) is 19.1 Å². The zero-order valence-corrected chi connectivity index (χ0v) is 15.8. The molecule has 0 radical (unpaired) electrons. The molecule has 0 saturated carbocycles. The molecule has 3 rings (SSSR count). The van der Waals surface area contributed by atoms with Crippen LogP contribution in [0.3, 0.4) is 0 Å². The van der Waals surface area contributed by atoms with Crippen LogP contribution >= 0.6 is 0 Å². The number of pyridine rings is 1. The average Bonchev–Trinajstić information content (AvgIpc) is 2.69. The lowest BCUT2D eigenvalue weighted by molar-refractivity contribution is 0.0939. The van der Waals surface area contributed by atoms with Gasteiger partial charge in [-0.3, -0.25) is 4.79 Å². The maximum Gasteiger partial charge on any atom is 0.253 e. The first-order valence-corrected chi connectivity index (χ1v) is 9.71. The largest absolute Gasteiger partial charge is 0.357 e. The molecule has 1 atom stereocenters. The maximum absolute atomic E-state index is 12.2. The second kappa shape index (κ2) is 8.84. The molecule has 0 aliphatic carbocycles. The summed E-state index contributed by atoms with van der Waals surface area (Å²) in [5.41, 5.74) is 2.06. The number of carbonyl (C=O) groups is 1. The van der Waals surface area contributed by atoms with Gasteiger partial charge >= 0.3 is 0 Å². The summed E-state index contributed by atoms with van der Waals surface area (Å²) in [5.74, 6) is 1.68. The summed E-state index contributed by atoms with van der Waals surface area (Å²) in [5, 5.41) is 2.98. The van der Waals surface area contributed by atoms with Crippen LogP contribution < -0.4 is 10.2 Å². The number of anilines is 1. The van der Waals surface area contributed by atoms with Gasteiger partial charge in [0.25, 0.3) is 5.91 Å². The lowest BCUT2D eigenvalue weighted by atomic mass is 9.90. The van der Waals surface area contributed by atoms with Gasteiger partial charge in [0.1, 0.15) is 5.82 Å². The number of piperidine rings is 1. The highest BCUT2D eigenvalue weighted by Gasteiger charge is 2.20. The van der Waals surface area contributed by atoms with E-state index in [0.717, 1.165) is 37.7 Å². The Labute approximate surface area is 156 Å². The van der Waals surface area contributed by atoms with E-state index >= 15 is 0 Å². The maximum atomic E-state index is 12.2. The molecule has 1 aromatic carbocycles. The van der Waals surface area contributed by atoms with Crippen molar-refractivity contribution in [2.45, 2.75) is 45.6 Å². The van der Waals surface area contributed by atoms with Crippen LogP contribution in [0.5, 0.6) is 0 Å². The molecule has 4 heteroatoms. The molecule has 2 heterocycles. The van der Waals surface area contributed by atoms with Gasteiger partial charge in [-0.1, -0.05) is 37.3 Å². The van der Waals surface area contributed by atoms with Gasteiger partial charge in [-0.05, 0) is 56.2 Å². The van der Waals surface area contributed by atoms with Crippen LogP contribution in [0.1, 0.15) is 49.0 Å². The fourth-order valence-corrected chi connectivity index (χ4v) is 3.43. The third-order valence-electron chi connectivity index (χ3n) is 5.31. The van der Waals surface area contributed by atoms with Crippen molar-refractivity contribution in [3.05, 3.63) is 59.8 Å². The first-order valence-electron chi connectivity index (χ1n) is 9.71. The number of hydrogen-bond acceptors (Lipinski definition) is 3. The second-order valence-electron chi connectivity index (χ2n) is 7.31. The van der Waals surface area contributed by atoms with Gasteiger partial charge in [0.2, 0.25) is 0 Å². The smallest absolute Gasteiger partial charge is 0.253 e. The van der Waals surface area contributed by atoms with Crippen LogP contribution in [-0.4, -0.2) is 30.0 Å². The zero-order valence-electron chi connectivity index (χ0n) is 15.8. The van der Waals surface area contributed by atoms with E-state index < -0.39 is 0 Å².